The molecule has 1 heterocycles. The summed E-state index contributed by atoms with van der Waals surface area (Å²) in [4.78, 5) is 25.8. The van der Waals surface area contributed by atoms with Gasteiger partial charge in [0.1, 0.15) is 0 Å². The van der Waals surface area contributed by atoms with Gasteiger partial charge in [-0.05, 0) is 40.2 Å². The van der Waals surface area contributed by atoms with Gasteiger partial charge in [0, 0.05) is 16.9 Å². The fraction of sp³-hybridized carbons (Fsp3) is 0.368. The van der Waals surface area contributed by atoms with E-state index >= 15 is 0 Å². The van der Waals surface area contributed by atoms with Crippen LogP contribution in [0.2, 0.25) is 0 Å². The zero-order valence-corrected chi connectivity index (χ0v) is 14.6. The Labute approximate surface area is 141 Å². The molecule has 5 nitrogen and oxygen atoms in total. The number of carboxylic acids is 2. The summed E-state index contributed by atoms with van der Waals surface area (Å²) in [5.41, 5.74) is 1.60. The van der Waals surface area contributed by atoms with Crippen LogP contribution in [0.25, 0.3) is 0 Å². The Morgan fingerprint density at radius 1 is 0.917 bits per heavy atom. The predicted molar refractivity (Wildman–Crippen MR) is 91.4 cm³/mol. The van der Waals surface area contributed by atoms with Crippen LogP contribution in [0.3, 0.4) is 0 Å². The first-order valence-corrected chi connectivity index (χ1v) is 7.80. The molecule has 0 saturated heterocycles. The third-order valence-corrected chi connectivity index (χ3v) is 4.29. The minimum atomic E-state index is -1.10. The molecule has 0 amide bonds. The summed E-state index contributed by atoms with van der Waals surface area (Å²) < 4.78 is 0. The monoisotopic (exact) mass is 329 g/mol. The van der Waals surface area contributed by atoms with Crippen molar-refractivity contribution in [2.45, 2.75) is 46.1 Å². The van der Waals surface area contributed by atoms with E-state index in [4.69, 9.17) is 0 Å². The molecule has 0 fully saturated rings. The highest BCUT2D eigenvalue weighted by Crippen LogP contribution is 2.44. The Hall–Kier alpha value is -2.56. The molecule has 0 aliphatic carbocycles. The van der Waals surface area contributed by atoms with Gasteiger partial charge < -0.3 is 15.1 Å². The van der Waals surface area contributed by atoms with Gasteiger partial charge in [0.15, 0.2) is 0 Å². The Morgan fingerprint density at radius 2 is 1.33 bits per heavy atom. The number of aliphatic carboxylic acids is 2. The highest BCUT2D eigenvalue weighted by Gasteiger charge is 2.41. The minimum absolute atomic E-state index is 0.110. The average Bonchev–Trinajstić information content (AvgIpc) is 2.45. The summed E-state index contributed by atoms with van der Waals surface area (Å²) in [5.74, 6) is -2.98. The topological polar surface area (TPSA) is 77.8 Å². The van der Waals surface area contributed by atoms with Crippen molar-refractivity contribution in [3.05, 3.63) is 58.4 Å². The van der Waals surface area contributed by atoms with Crippen molar-refractivity contribution in [3.63, 3.8) is 0 Å². The Bertz CT molecular complexity index is 700. The SMILES string of the molecule is CC1=C(C(=O)O)C(c2ccccc2)C(C(=O)O)=C(C)N1C(C)(C)C. The van der Waals surface area contributed by atoms with Crippen molar-refractivity contribution in [3.8, 4) is 0 Å². The molecule has 1 aliphatic heterocycles. The molecule has 0 bridgehead atoms. The van der Waals surface area contributed by atoms with E-state index in [1.165, 1.54) is 0 Å². The van der Waals surface area contributed by atoms with Crippen LogP contribution in [0.15, 0.2) is 52.9 Å². The summed E-state index contributed by atoms with van der Waals surface area (Å²) in [5, 5.41) is 19.6. The van der Waals surface area contributed by atoms with Crippen LogP contribution in [0.5, 0.6) is 0 Å². The number of rotatable bonds is 3. The number of hydrogen-bond donors (Lipinski definition) is 2. The summed E-state index contributed by atoms with van der Waals surface area (Å²) in [6.07, 6.45) is 0. The molecule has 0 aromatic heterocycles. The van der Waals surface area contributed by atoms with E-state index in [2.05, 4.69) is 0 Å². The van der Waals surface area contributed by atoms with E-state index in [1.54, 1.807) is 43.0 Å². The number of allylic oxidation sites excluding steroid dienone is 2. The van der Waals surface area contributed by atoms with Gasteiger partial charge in [0.05, 0.1) is 17.1 Å². The maximum atomic E-state index is 12.0. The van der Waals surface area contributed by atoms with E-state index in [9.17, 15) is 19.8 Å². The first-order valence-electron chi connectivity index (χ1n) is 7.80. The molecular weight excluding hydrogens is 306 g/mol. The molecule has 2 rings (SSSR count). The summed E-state index contributed by atoms with van der Waals surface area (Å²) >= 11 is 0. The third-order valence-electron chi connectivity index (χ3n) is 4.29. The Balaban J connectivity index is 2.83. The van der Waals surface area contributed by atoms with Crippen molar-refractivity contribution in [1.82, 2.24) is 4.90 Å². The zero-order chi connectivity index (χ0) is 18.2. The van der Waals surface area contributed by atoms with Gasteiger partial charge in [-0.15, -0.1) is 0 Å². The lowest BCUT2D eigenvalue weighted by Crippen LogP contribution is -2.44. The molecular formula is C19H23NO4. The van der Waals surface area contributed by atoms with Crippen LogP contribution in [-0.4, -0.2) is 32.6 Å². The molecule has 0 spiro atoms. The first-order chi connectivity index (χ1) is 11.1. The second kappa shape index (κ2) is 6.15. The van der Waals surface area contributed by atoms with Crippen LogP contribution in [0.4, 0.5) is 0 Å². The normalized spacial score (nSPS) is 16.6. The van der Waals surface area contributed by atoms with Gasteiger partial charge in [0.25, 0.3) is 0 Å². The number of benzene rings is 1. The smallest absolute Gasteiger partial charge is 0.334 e. The lowest BCUT2D eigenvalue weighted by atomic mass is 9.78. The highest BCUT2D eigenvalue weighted by atomic mass is 16.4. The highest BCUT2D eigenvalue weighted by molar-refractivity contribution is 5.98. The van der Waals surface area contributed by atoms with E-state index in [0.717, 1.165) is 0 Å². The largest absolute Gasteiger partial charge is 0.478 e. The predicted octanol–water partition coefficient (Wildman–Crippen LogP) is 3.60. The molecule has 0 saturated carbocycles. The van der Waals surface area contributed by atoms with Crippen molar-refractivity contribution in [1.29, 1.82) is 0 Å². The van der Waals surface area contributed by atoms with Gasteiger partial charge in [-0.3, -0.25) is 0 Å². The van der Waals surface area contributed by atoms with E-state index in [0.29, 0.717) is 17.0 Å². The quantitative estimate of drug-likeness (QED) is 0.886. The van der Waals surface area contributed by atoms with E-state index in [-0.39, 0.29) is 11.1 Å². The molecule has 1 aromatic rings. The van der Waals surface area contributed by atoms with Gasteiger partial charge in [-0.25, -0.2) is 9.59 Å². The fourth-order valence-electron chi connectivity index (χ4n) is 3.60. The summed E-state index contributed by atoms with van der Waals surface area (Å²) in [6.45, 7) is 9.28. The Kier molecular flexibility index (Phi) is 4.56. The van der Waals surface area contributed by atoms with Gasteiger partial charge in [-0.2, -0.15) is 0 Å². The van der Waals surface area contributed by atoms with Crippen LogP contribution >= 0.6 is 0 Å². The minimum Gasteiger partial charge on any atom is -0.478 e. The zero-order valence-electron chi connectivity index (χ0n) is 14.6. The maximum Gasteiger partial charge on any atom is 0.334 e. The lowest BCUT2D eigenvalue weighted by Gasteiger charge is -2.44. The molecule has 5 heteroatoms. The number of carbonyl (C=O) groups is 2. The van der Waals surface area contributed by atoms with Crippen LogP contribution < -0.4 is 0 Å². The lowest BCUT2D eigenvalue weighted by molar-refractivity contribution is -0.133. The maximum absolute atomic E-state index is 12.0. The molecule has 24 heavy (non-hydrogen) atoms. The van der Waals surface area contributed by atoms with Gasteiger partial charge >= 0.3 is 11.9 Å². The third kappa shape index (κ3) is 2.94. The standard InChI is InChI=1S/C19H23NO4/c1-11-14(17(21)22)16(13-9-7-6-8-10-13)15(18(23)24)12(2)20(11)19(3,4)5/h6-10,16H,1-5H3,(H,21,22)(H,23,24). The second-order valence-corrected chi connectivity index (χ2v) is 6.96. The van der Waals surface area contributed by atoms with Gasteiger partial charge in [-0.1, -0.05) is 30.3 Å². The van der Waals surface area contributed by atoms with E-state index < -0.39 is 23.4 Å². The number of carboxylic acid groups (broad SMARTS) is 2. The van der Waals surface area contributed by atoms with Gasteiger partial charge in [0.2, 0.25) is 0 Å². The molecule has 128 valence electrons. The molecule has 1 aliphatic rings. The molecule has 0 unspecified atom stereocenters. The van der Waals surface area contributed by atoms with Crippen molar-refractivity contribution < 1.29 is 19.8 Å². The van der Waals surface area contributed by atoms with Crippen LogP contribution in [0.1, 0.15) is 46.1 Å². The average molecular weight is 329 g/mol. The molecule has 0 atom stereocenters. The number of nitrogens with zero attached hydrogens (tertiary/aromatic N) is 1. The number of hydrogen-bond acceptors (Lipinski definition) is 3. The fourth-order valence-corrected chi connectivity index (χ4v) is 3.60. The van der Waals surface area contributed by atoms with Crippen molar-refractivity contribution in [2.24, 2.45) is 0 Å². The molecule has 1 aromatic carbocycles. The van der Waals surface area contributed by atoms with Crippen LogP contribution in [-0.2, 0) is 9.59 Å². The van der Waals surface area contributed by atoms with Crippen molar-refractivity contribution in [2.75, 3.05) is 0 Å². The van der Waals surface area contributed by atoms with Crippen LogP contribution in [0, 0.1) is 0 Å². The second-order valence-electron chi connectivity index (χ2n) is 6.96. The summed E-state index contributed by atoms with van der Waals surface area (Å²) in [7, 11) is 0. The van der Waals surface area contributed by atoms with Crippen molar-refractivity contribution >= 4 is 11.9 Å². The Morgan fingerprint density at radius 3 is 1.67 bits per heavy atom. The first kappa shape index (κ1) is 17.8. The summed E-state index contributed by atoms with van der Waals surface area (Å²) in [6, 6.07) is 8.93. The van der Waals surface area contributed by atoms with E-state index in [1.807, 2.05) is 26.8 Å². The molecule has 0 radical (unpaired) electrons. The molecule has 2 N–H and O–H groups in total.